The third-order valence-electron chi connectivity index (χ3n) is 2.42. The second kappa shape index (κ2) is 7.89. The van der Waals surface area contributed by atoms with Crippen LogP contribution in [0.15, 0.2) is 24.3 Å². The fraction of sp³-hybridized carbons (Fsp3) is 0.462. The first kappa shape index (κ1) is 14.7. The minimum absolute atomic E-state index is 0.470. The number of nitrogens with zero attached hydrogens (tertiary/aromatic N) is 1. The third-order valence-corrected chi connectivity index (χ3v) is 2.81. The van der Waals surface area contributed by atoms with Crippen molar-refractivity contribution >= 4 is 23.0 Å². The number of unbranched alkanes of at least 4 members (excludes halogenated alkanes) is 2. The van der Waals surface area contributed by atoms with E-state index in [0.29, 0.717) is 5.11 Å². The molecule has 1 rings (SSSR count). The van der Waals surface area contributed by atoms with Gasteiger partial charge in [0, 0.05) is 18.8 Å². The summed E-state index contributed by atoms with van der Waals surface area (Å²) >= 11 is 5.07. The lowest BCUT2D eigenvalue weighted by Gasteiger charge is -2.15. The lowest BCUT2D eigenvalue weighted by molar-refractivity contribution is 0.306. The van der Waals surface area contributed by atoms with E-state index in [0.717, 1.165) is 24.5 Å². The van der Waals surface area contributed by atoms with E-state index in [9.17, 15) is 0 Å². The predicted octanol–water partition coefficient (Wildman–Crippen LogP) is 2.76. The number of anilines is 1. The third kappa shape index (κ3) is 5.33. The summed E-state index contributed by atoms with van der Waals surface area (Å²) in [5, 5.41) is 4.87. The lowest BCUT2D eigenvalue weighted by Crippen LogP contribution is -2.36. The van der Waals surface area contributed by atoms with Gasteiger partial charge < -0.3 is 10.1 Å². The van der Waals surface area contributed by atoms with Crippen molar-refractivity contribution in [3.8, 4) is 5.75 Å². The summed E-state index contributed by atoms with van der Waals surface area (Å²) in [4.78, 5) is 0. The molecule has 0 bridgehead atoms. The zero-order valence-corrected chi connectivity index (χ0v) is 11.8. The van der Waals surface area contributed by atoms with Gasteiger partial charge >= 0.3 is 0 Å². The average molecular weight is 267 g/mol. The Morgan fingerprint density at radius 1 is 1.44 bits per heavy atom. The summed E-state index contributed by atoms with van der Waals surface area (Å²) in [6.07, 6.45) is 3.47. The molecule has 0 atom stereocenters. The highest BCUT2D eigenvalue weighted by molar-refractivity contribution is 7.80. The van der Waals surface area contributed by atoms with Gasteiger partial charge in [-0.1, -0.05) is 25.8 Å². The second-order valence-electron chi connectivity index (χ2n) is 4.12. The normalized spacial score (nSPS) is 9.94. The standard InChI is InChI=1S/C13H21N3OS/c1-3-4-5-9-17-12-8-6-7-11(10-12)15-13(18)16(2)14/h6-8,10H,3-5,9,14H2,1-2H3,(H,15,18). The van der Waals surface area contributed by atoms with E-state index in [1.54, 1.807) is 7.05 Å². The summed E-state index contributed by atoms with van der Waals surface area (Å²) in [5.41, 5.74) is 0.880. The maximum absolute atomic E-state index is 5.66. The van der Waals surface area contributed by atoms with Crippen molar-refractivity contribution in [2.24, 2.45) is 5.84 Å². The van der Waals surface area contributed by atoms with Crippen LogP contribution in [0.5, 0.6) is 5.75 Å². The smallest absolute Gasteiger partial charge is 0.187 e. The Labute approximate surface area is 114 Å². The number of hydrogen-bond donors (Lipinski definition) is 2. The van der Waals surface area contributed by atoms with Gasteiger partial charge in [0.15, 0.2) is 5.11 Å². The molecule has 18 heavy (non-hydrogen) atoms. The van der Waals surface area contributed by atoms with Gasteiger partial charge in [-0.3, -0.25) is 5.01 Å². The van der Waals surface area contributed by atoms with Crippen LogP contribution in [0.1, 0.15) is 26.2 Å². The van der Waals surface area contributed by atoms with Crippen LogP contribution in [0.2, 0.25) is 0 Å². The van der Waals surface area contributed by atoms with Gasteiger partial charge in [0.25, 0.3) is 0 Å². The zero-order valence-electron chi connectivity index (χ0n) is 11.0. The highest BCUT2D eigenvalue weighted by Crippen LogP contribution is 2.17. The fourth-order valence-electron chi connectivity index (χ4n) is 1.42. The van der Waals surface area contributed by atoms with E-state index in [4.69, 9.17) is 22.8 Å². The van der Waals surface area contributed by atoms with Crippen LogP contribution >= 0.6 is 12.2 Å². The average Bonchev–Trinajstić information content (AvgIpc) is 2.35. The quantitative estimate of drug-likeness (QED) is 0.359. The zero-order chi connectivity index (χ0) is 13.4. The number of ether oxygens (including phenoxy) is 1. The molecule has 0 saturated carbocycles. The minimum Gasteiger partial charge on any atom is -0.494 e. The molecular formula is C13H21N3OS. The molecule has 0 aromatic heterocycles. The molecule has 0 heterocycles. The number of nitrogens with two attached hydrogens (primary N) is 1. The molecule has 4 nitrogen and oxygen atoms in total. The van der Waals surface area contributed by atoms with Crippen LogP contribution in [-0.2, 0) is 0 Å². The van der Waals surface area contributed by atoms with Gasteiger partial charge in [0.05, 0.1) is 6.61 Å². The van der Waals surface area contributed by atoms with E-state index >= 15 is 0 Å². The fourth-order valence-corrected chi connectivity index (χ4v) is 1.54. The Balaban J connectivity index is 2.49. The molecule has 0 fully saturated rings. The first-order valence-electron chi connectivity index (χ1n) is 6.15. The molecule has 0 amide bonds. The van der Waals surface area contributed by atoms with E-state index < -0.39 is 0 Å². The van der Waals surface area contributed by atoms with Crippen molar-refractivity contribution in [2.75, 3.05) is 19.0 Å². The largest absolute Gasteiger partial charge is 0.494 e. The number of hydrazine groups is 1. The first-order valence-corrected chi connectivity index (χ1v) is 6.56. The molecule has 0 spiro atoms. The van der Waals surface area contributed by atoms with Crippen molar-refractivity contribution < 1.29 is 4.74 Å². The number of nitrogens with one attached hydrogen (secondary N) is 1. The molecule has 1 aromatic carbocycles. The topological polar surface area (TPSA) is 50.5 Å². The Morgan fingerprint density at radius 2 is 2.22 bits per heavy atom. The lowest BCUT2D eigenvalue weighted by atomic mass is 10.2. The Hall–Kier alpha value is -1.33. The van der Waals surface area contributed by atoms with Crippen molar-refractivity contribution in [1.82, 2.24) is 5.01 Å². The summed E-state index contributed by atoms with van der Waals surface area (Å²) in [6.45, 7) is 2.92. The number of benzene rings is 1. The highest BCUT2D eigenvalue weighted by atomic mass is 32.1. The molecule has 5 heteroatoms. The van der Waals surface area contributed by atoms with Gasteiger partial charge in [-0.15, -0.1) is 0 Å². The second-order valence-corrected chi connectivity index (χ2v) is 4.51. The van der Waals surface area contributed by atoms with Crippen molar-refractivity contribution in [3.63, 3.8) is 0 Å². The van der Waals surface area contributed by atoms with Crippen LogP contribution in [-0.4, -0.2) is 23.8 Å². The van der Waals surface area contributed by atoms with Gasteiger partial charge in [-0.05, 0) is 30.8 Å². The highest BCUT2D eigenvalue weighted by Gasteiger charge is 2.01. The van der Waals surface area contributed by atoms with E-state index in [-0.39, 0.29) is 0 Å². The summed E-state index contributed by atoms with van der Waals surface area (Å²) in [7, 11) is 1.69. The maximum Gasteiger partial charge on any atom is 0.187 e. The van der Waals surface area contributed by atoms with Gasteiger partial charge in [0.1, 0.15) is 5.75 Å². The van der Waals surface area contributed by atoms with Crippen LogP contribution in [0.25, 0.3) is 0 Å². The van der Waals surface area contributed by atoms with Crippen molar-refractivity contribution in [3.05, 3.63) is 24.3 Å². The molecule has 1 aromatic rings. The van der Waals surface area contributed by atoms with Crippen LogP contribution in [0.3, 0.4) is 0 Å². The molecule has 0 aliphatic heterocycles. The number of hydrogen-bond acceptors (Lipinski definition) is 3. The van der Waals surface area contributed by atoms with E-state index in [1.807, 2.05) is 24.3 Å². The predicted molar refractivity (Wildman–Crippen MR) is 79.6 cm³/mol. The van der Waals surface area contributed by atoms with Gasteiger partial charge in [0.2, 0.25) is 0 Å². The maximum atomic E-state index is 5.66. The van der Waals surface area contributed by atoms with Crippen molar-refractivity contribution in [2.45, 2.75) is 26.2 Å². The summed E-state index contributed by atoms with van der Waals surface area (Å²) in [5.74, 6) is 6.38. The van der Waals surface area contributed by atoms with Crippen LogP contribution in [0, 0.1) is 0 Å². The molecule has 0 radical (unpaired) electrons. The molecular weight excluding hydrogens is 246 g/mol. The van der Waals surface area contributed by atoms with Gasteiger partial charge in [-0.25, -0.2) is 5.84 Å². The minimum atomic E-state index is 0.470. The van der Waals surface area contributed by atoms with Crippen LogP contribution in [0.4, 0.5) is 5.69 Å². The Bertz CT molecular complexity index is 382. The van der Waals surface area contributed by atoms with Crippen molar-refractivity contribution in [1.29, 1.82) is 0 Å². The molecule has 100 valence electrons. The number of thiocarbonyl (C=S) groups is 1. The molecule has 0 unspecified atom stereocenters. The summed E-state index contributed by atoms with van der Waals surface area (Å²) in [6, 6.07) is 7.71. The first-order chi connectivity index (χ1) is 8.63. The van der Waals surface area contributed by atoms with E-state index in [2.05, 4.69) is 12.2 Å². The summed E-state index contributed by atoms with van der Waals surface area (Å²) < 4.78 is 5.66. The number of rotatable bonds is 6. The van der Waals surface area contributed by atoms with Gasteiger partial charge in [-0.2, -0.15) is 0 Å². The molecule has 0 saturated heterocycles. The molecule has 0 aliphatic carbocycles. The van der Waals surface area contributed by atoms with Crippen LogP contribution < -0.4 is 15.9 Å². The monoisotopic (exact) mass is 267 g/mol. The molecule has 0 aliphatic rings. The Morgan fingerprint density at radius 3 is 2.89 bits per heavy atom. The SMILES string of the molecule is CCCCCOc1cccc(NC(=S)N(C)N)c1. The van der Waals surface area contributed by atoms with E-state index in [1.165, 1.54) is 17.9 Å². The molecule has 3 N–H and O–H groups in total. The Kier molecular flexibility index (Phi) is 6.46.